The average Bonchev–Trinajstić information content (AvgIpc) is 2.28. The number of para-hydroxylation sites is 1. The fourth-order valence-corrected chi connectivity index (χ4v) is 2.12. The highest BCUT2D eigenvalue weighted by Gasteiger charge is 2.06. The van der Waals surface area contributed by atoms with Gasteiger partial charge in [0.15, 0.2) is 5.75 Å². The molecule has 0 saturated heterocycles. The fraction of sp³-hybridized carbons (Fsp3) is 0.538. The molecule has 1 unspecified atom stereocenters. The molecular weight excluding hydrogens is 257 g/mol. The quantitative estimate of drug-likeness (QED) is 0.755. The minimum absolute atomic E-state index is 0.519. The molecular formula is C13H19Cl2NO. The molecule has 0 aromatic heterocycles. The number of halogens is 2. The lowest BCUT2D eigenvalue weighted by molar-refractivity contribution is 0.305. The number of nitrogens with one attached hydrogen (secondary N) is 1. The molecule has 2 nitrogen and oxygen atoms in total. The zero-order chi connectivity index (χ0) is 12.7. The first-order chi connectivity index (χ1) is 8.15. The summed E-state index contributed by atoms with van der Waals surface area (Å²) in [5.41, 5.74) is 0. The van der Waals surface area contributed by atoms with Crippen LogP contribution in [0, 0.1) is 0 Å². The van der Waals surface area contributed by atoms with Crippen molar-refractivity contribution in [2.75, 3.05) is 13.2 Å². The van der Waals surface area contributed by atoms with Gasteiger partial charge in [-0.05, 0) is 25.5 Å². The van der Waals surface area contributed by atoms with Crippen LogP contribution in [0.2, 0.25) is 10.0 Å². The summed E-state index contributed by atoms with van der Waals surface area (Å²) >= 11 is 12.0. The third-order valence-corrected chi connectivity index (χ3v) is 3.08. The second-order valence-electron chi connectivity index (χ2n) is 4.04. The summed E-state index contributed by atoms with van der Waals surface area (Å²) in [6.45, 7) is 5.71. The third-order valence-electron chi connectivity index (χ3n) is 2.48. The van der Waals surface area contributed by atoms with Gasteiger partial charge in [-0.2, -0.15) is 0 Å². The Morgan fingerprint density at radius 2 is 1.94 bits per heavy atom. The van der Waals surface area contributed by atoms with Gasteiger partial charge < -0.3 is 10.1 Å². The van der Waals surface area contributed by atoms with Gasteiger partial charge >= 0.3 is 0 Å². The van der Waals surface area contributed by atoms with Crippen LogP contribution in [0.3, 0.4) is 0 Å². The first-order valence-corrected chi connectivity index (χ1v) is 6.71. The molecule has 0 spiro atoms. The molecule has 0 bridgehead atoms. The summed E-state index contributed by atoms with van der Waals surface area (Å²) in [5, 5.41) is 4.49. The monoisotopic (exact) mass is 275 g/mol. The van der Waals surface area contributed by atoms with Crippen LogP contribution in [-0.4, -0.2) is 19.2 Å². The summed E-state index contributed by atoms with van der Waals surface area (Å²) in [4.78, 5) is 0. The highest BCUT2D eigenvalue weighted by molar-refractivity contribution is 6.37. The Morgan fingerprint density at radius 1 is 1.29 bits per heavy atom. The SMILES string of the molecule is CCCC(C)NCCOc1c(Cl)cccc1Cl. The van der Waals surface area contributed by atoms with Crippen molar-refractivity contribution in [3.63, 3.8) is 0 Å². The molecule has 1 N–H and O–H groups in total. The van der Waals surface area contributed by atoms with Gasteiger partial charge in [0.05, 0.1) is 10.0 Å². The minimum Gasteiger partial charge on any atom is -0.489 e. The Morgan fingerprint density at radius 3 is 2.53 bits per heavy atom. The Balaban J connectivity index is 2.31. The average molecular weight is 276 g/mol. The lowest BCUT2D eigenvalue weighted by atomic mass is 10.2. The smallest absolute Gasteiger partial charge is 0.156 e. The van der Waals surface area contributed by atoms with E-state index in [1.54, 1.807) is 18.2 Å². The van der Waals surface area contributed by atoms with Gasteiger partial charge in [0.2, 0.25) is 0 Å². The summed E-state index contributed by atoms with van der Waals surface area (Å²) in [5.74, 6) is 0.570. The van der Waals surface area contributed by atoms with Crippen LogP contribution in [0.1, 0.15) is 26.7 Å². The maximum absolute atomic E-state index is 5.99. The van der Waals surface area contributed by atoms with E-state index < -0.39 is 0 Å². The molecule has 1 aromatic carbocycles. The zero-order valence-corrected chi connectivity index (χ0v) is 11.8. The molecule has 0 amide bonds. The van der Waals surface area contributed by atoms with E-state index >= 15 is 0 Å². The number of hydrogen-bond donors (Lipinski definition) is 1. The normalized spacial score (nSPS) is 12.5. The van der Waals surface area contributed by atoms with Gasteiger partial charge in [-0.15, -0.1) is 0 Å². The van der Waals surface area contributed by atoms with Crippen LogP contribution >= 0.6 is 23.2 Å². The Kier molecular flexibility index (Phi) is 6.71. The molecule has 0 aliphatic carbocycles. The highest BCUT2D eigenvalue weighted by Crippen LogP contribution is 2.32. The van der Waals surface area contributed by atoms with E-state index in [0.717, 1.165) is 6.54 Å². The predicted octanol–water partition coefficient (Wildman–Crippen LogP) is 4.15. The summed E-state index contributed by atoms with van der Waals surface area (Å²) < 4.78 is 5.57. The Bertz CT molecular complexity index is 324. The molecule has 17 heavy (non-hydrogen) atoms. The van der Waals surface area contributed by atoms with E-state index in [2.05, 4.69) is 19.2 Å². The summed E-state index contributed by atoms with van der Waals surface area (Å²) in [6, 6.07) is 5.87. The summed E-state index contributed by atoms with van der Waals surface area (Å²) in [6.07, 6.45) is 2.36. The van der Waals surface area contributed by atoms with Crippen LogP contribution in [0.5, 0.6) is 5.75 Å². The van der Waals surface area contributed by atoms with E-state index in [4.69, 9.17) is 27.9 Å². The molecule has 0 fully saturated rings. The molecule has 0 radical (unpaired) electrons. The molecule has 0 aliphatic rings. The molecule has 96 valence electrons. The van der Waals surface area contributed by atoms with Crippen molar-refractivity contribution in [1.82, 2.24) is 5.32 Å². The third kappa shape index (κ3) is 5.15. The topological polar surface area (TPSA) is 21.3 Å². The van der Waals surface area contributed by atoms with Crippen molar-refractivity contribution in [2.24, 2.45) is 0 Å². The molecule has 1 aromatic rings. The first-order valence-electron chi connectivity index (χ1n) is 5.95. The Labute approximate surface area is 113 Å². The Hall–Kier alpha value is -0.440. The maximum Gasteiger partial charge on any atom is 0.156 e. The van der Waals surface area contributed by atoms with E-state index in [9.17, 15) is 0 Å². The van der Waals surface area contributed by atoms with Crippen LogP contribution in [-0.2, 0) is 0 Å². The second-order valence-corrected chi connectivity index (χ2v) is 4.86. The molecule has 0 heterocycles. The van der Waals surface area contributed by atoms with Crippen LogP contribution in [0.4, 0.5) is 0 Å². The van der Waals surface area contributed by atoms with Gasteiger partial charge in [-0.25, -0.2) is 0 Å². The minimum atomic E-state index is 0.519. The first kappa shape index (κ1) is 14.6. The molecule has 4 heteroatoms. The van der Waals surface area contributed by atoms with E-state index in [-0.39, 0.29) is 0 Å². The van der Waals surface area contributed by atoms with Crippen molar-refractivity contribution in [3.8, 4) is 5.75 Å². The van der Waals surface area contributed by atoms with E-state index in [1.807, 2.05) is 0 Å². The number of hydrogen-bond acceptors (Lipinski definition) is 2. The number of ether oxygens (including phenoxy) is 1. The second kappa shape index (κ2) is 7.80. The van der Waals surface area contributed by atoms with Crippen molar-refractivity contribution in [3.05, 3.63) is 28.2 Å². The van der Waals surface area contributed by atoms with E-state index in [1.165, 1.54) is 12.8 Å². The van der Waals surface area contributed by atoms with E-state index in [0.29, 0.717) is 28.4 Å². The molecule has 0 aliphatic heterocycles. The maximum atomic E-state index is 5.99. The largest absolute Gasteiger partial charge is 0.489 e. The van der Waals surface area contributed by atoms with Crippen molar-refractivity contribution in [2.45, 2.75) is 32.7 Å². The van der Waals surface area contributed by atoms with Crippen molar-refractivity contribution in [1.29, 1.82) is 0 Å². The molecule has 1 atom stereocenters. The van der Waals surface area contributed by atoms with Gasteiger partial charge in [-0.1, -0.05) is 42.6 Å². The van der Waals surface area contributed by atoms with Crippen LogP contribution < -0.4 is 10.1 Å². The molecule has 0 saturated carbocycles. The van der Waals surface area contributed by atoms with Gasteiger partial charge in [-0.3, -0.25) is 0 Å². The van der Waals surface area contributed by atoms with Gasteiger partial charge in [0.1, 0.15) is 6.61 Å². The standard InChI is InChI=1S/C13H19Cl2NO/c1-3-5-10(2)16-8-9-17-13-11(14)6-4-7-12(13)15/h4,6-7,10,16H,3,5,8-9H2,1-2H3. The lowest BCUT2D eigenvalue weighted by Gasteiger charge is -2.14. The van der Waals surface area contributed by atoms with Gasteiger partial charge in [0, 0.05) is 12.6 Å². The fourth-order valence-electron chi connectivity index (χ4n) is 1.61. The number of rotatable bonds is 7. The number of benzene rings is 1. The van der Waals surface area contributed by atoms with Crippen LogP contribution in [0.15, 0.2) is 18.2 Å². The molecule has 1 rings (SSSR count). The van der Waals surface area contributed by atoms with Crippen LogP contribution in [0.25, 0.3) is 0 Å². The van der Waals surface area contributed by atoms with Crippen molar-refractivity contribution < 1.29 is 4.74 Å². The van der Waals surface area contributed by atoms with Gasteiger partial charge in [0.25, 0.3) is 0 Å². The summed E-state index contributed by atoms with van der Waals surface area (Å²) in [7, 11) is 0. The lowest BCUT2D eigenvalue weighted by Crippen LogP contribution is -2.30. The predicted molar refractivity (Wildman–Crippen MR) is 74.3 cm³/mol. The highest BCUT2D eigenvalue weighted by atomic mass is 35.5. The zero-order valence-electron chi connectivity index (χ0n) is 10.3. The van der Waals surface area contributed by atoms with Crippen molar-refractivity contribution >= 4 is 23.2 Å².